The molecular weight excluding hydrogens is 759 g/mol. The Bertz CT molecular complexity index is 3970. The van der Waals surface area contributed by atoms with Crippen LogP contribution in [0.4, 0.5) is 17.1 Å². The highest BCUT2D eigenvalue weighted by Crippen LogP contribution is 2.52. The number of para-hydroxylation sites is 2. The SMILES string of the molecule is CC1(C)c2cc(-c3ccccc3)ccc2-c2ccc(N(c3ccc4sc5ccccc5c4c3)c3ccc4c(c3)n3c5ccccc5c5ccc6c7ccccc7n4c6c53)cc21. The van der Waals surface area contributed by atoms with Gasteiger partial charge >= 0.3 is 0 Å². The largest absolute Gasteiger partial charge is 0.310 e. The van der Waals surface area contributed by atoms with E-state index in [-0.39, 0.29) is 5.41 Å². The first-order valence-electron chi connectivity index (χ1n) is 21.2. The number of aromatic nitrogens is 2. The van der Waals surface area contributed by atoms with Gasteiger partial charge in [-0.2, -0.15) is 0 Å². The minimum atomic E-state index is -0.194. The molecule has 0 radical (unpaired) electrons. The summed E-state index contributed by atoms with van der Waals surface area (Å²) < 4.78 is 7.66. The van der Waals surface area contributed by atoms with E-state index in [1.165, 1.54) is 108 Å². The highest BCUT2D eigenvalue weighted by Gasteiger charge is 2.36. The van der Waals surface area contributed by atoms with Gasteiger partial charge in [-0.05, 0) is 106 Å². The van der Waals surface area contributed by atoms with Crippen LogP contribution in [0.25, 0.3) is 97.1 Å². The first-order valence-corrected chi connectivity index (χ1v) is 22.0. The van der Waals surface area contributed by atoms with Crippen molar-refractivity contribution < 1.29 is 0 Å². The van der Waals surface area contributed by atoms with Crippen LogP contribution in [0.15, 0.2) is 188 Å². The van der Waals surface area contributed by atoms with Gasteiger partial charge in [0.15, 0.2) is 0 Å². The summed E-state index contributed by atoms with van der Waals surface area (Å²) in [7, 11) is 0. The van der Waals surface area contributed by atoms with Crippen LogP contribution < -0.4 is 4.90 Å². The highest BCUT2D eigenvalue weighted by atomic mass is 32.1. The standard InChI is InChI=1S/C57H37N3S/c1-57(2)47-30-35(34-12-4-3-5-13-34)20-24-39(47)40-25-21-37(32-48(40)57)58(36-23-29-54-46(31-36)43-16-8-11-19-53(43)61-54)38-22-28-51-52(33-38)60-50-18-10-7-15-42(50)45-27-26-44-41-14-6-9-17-49(41)59(51)55(44)56(45)60/h3-33H,1-2H3. The van der Waals surface area contributed by atoms with Crippen LogP contribution in [0, 0.1) is 0 Å². The molecule has 1 aliphatic carbocycles. The monoisotopic (exact) mass is 795 g/mol. The van der Waals surface area contributed by atoms with Crippen LogP contribution in [0.5, 0.6) is 0 Å². The Morgan fingerprint density at radius 3 is 1.69 bits per heavy atom. The number of nitrogens with zero attached hydrogens (tertiary/aromatic N) is 3. The Balaban J connectivity index is 1.04. The van der Waals surface area contributed by atoms with E-state index in [0.717, 1.165) is 17.1 Å². The average Bonchev–Trinajstić information content (AvgIpc) is 4.02. The Morgan fingerprint density at radius 2 is 0.934 bits per heavy atom. The Kier molecular flexibility index (Phi) is 6.51. The minimum absolute atomic E-state index is 0.194. The van der Waals surface area contributed by atoms with E-state index in [1.54, 1.807) is 0 Å². The van der Waals surface area contributed by atoms with Gasteiger partial charge < -0.3 is 13.7 Å². The second-order valence-electron chi connectivity index (χ2n) is 17.3. The summed E-state index contributed by atoms with van der Waals surface area (Å²) in [4.78, 5) is 2.49. The predicted octanol–water partition coefficient (Wildman–Crippen LogP) is 16.1. The number of hydrogen-bond acceptors (Lipinski definition) is 2. The van der Waals surface area contributed by atoms with Gasteiger partial charge in [-0.15, -0.1) is 11.3 Å². The van der Waals surface area contributed by atoms with Crippen molar-refractivity contribution in [3.8, 4) is 22.3 Å². The summed E-state index contributed by atoms with van der Waals surface area (Å²) >= 11 is 1.87. The van der Waals surface area contributed by atoms with Crippen LogP contribution in [0.1, 0.15) is 25.0 Å². The lowest BCUT2D eigenvalue weighted by molar-refractivity contribution is 0.660. The van der Waals surface area contributed by atoms with E-state index >= 15 is 0 Å². The van der Waals surface area contributed by atoms with Gasteiger partial charge in [0.2, 0.25) is 0 Å². The highest BCUT2D eigenvalue weighted by molar-refractivity contribution is 7.25. The summed E-state index contributed by atoms with van der Waals surface area (Å²) in [6, 6.07) is 70.4. The van der Waals surface area contributed by atoms with Crippen molar-refractivity contribution in [1.29, 1.82) is 0 Å². The smallest absolute Gasteiger partial charge is 0.0789 e. The van der Waals surface area contributed by atoms with Gasteiger partial charge in [0.05, 0.1) is 33.1 Å². The quantitative estimate of drug-likeness (QED) is 0.162. The molecule has 0 fully saturated rings. The summed E-state index contributed by atoms with van der Waals surface area (Å²) in [5.41, 5.74) is 18.5. The van der Waals surface area contributed by atoms with Crippen molar-refractivity contribution in [1.82, 2.24) is 8.80 Å². The number of fused-ring (bicyclic) bond motifs is 15. The molecule has 0 aliphatic heterocycles. The molecule has 0 bridgehead atoms. The molecule has 0 spiro atoms. The Labute approximate surface area is 355 Å². The molecule has 14 rings (SSSR count). The second-order valence-corrected chi connectivity index (χ2v) is 18.4. The molecular formula is C57H37N3S. The van der Waals surface area contributed by atoms with Crippen LogP contribution in [0.3, 0.4) is 0 Å². The molecule has 9 aromatic carbocycles. The average molecular weight is 796 g/mol. The van der Waals surface area contributed by atoms with Crippen molar-refractivity contribution >= 4 is 103 Å². The molecule has 13 aromatic rings. The van der Waals surface area contributed by atoms with Crippen LogP contribution in [0.2, 0.25) is 0 Å². The number of anilines is 3. The fraction of sp³-hybridized carbons (Fsp3) is 0.0526. The van der Waals surface area contributed by atoms with Crippen molar-refractivity contribution in [3.05, 3.63) is 199 Å². The Hall–Kier alpha value is -7.40. The molecule has 0 amide bonds. The topological polar surface area (TPSA) is 12.1 Å². The van der Waals surface area contributed by atoms with E-state index in [2.05, 4.69) is 216 Å². The van der Waals surface area contributed by atoms with Gasteiger partial charge in [0.25, 0.3) is 0 Å². The van der Waals surface area contributed by atoms with Crippen molar-refractivity contribution in [2.75, 3.05) is 4.90 Å². The first-order chi connectivity index (χ1) is 30.0. The van der Waals surface area contributed by atoms with E-state index in [9.17, 15) is 0 Å². The molecule has 0 unspecified atom stereocenters. The van der Waals surface area contributed by atoms with Crippen molar-refractivity contribution in [3.63, 3.8) is 0 Å². The van der Waals surface area contributed by atoms with Gasteiger partial charge in [-0.25, -0.2) is 0 Å². The number of rotatable bonds is 4. The van der Waals surface area contributed by atoms with Gasteiger partial charge in [0.1, 0.15) is 0 Å². The molecule has 4 heteroatoms. The number of thiophene rings is 1. The molecule has 61 heavy (non-hydrogen) atoms. The fourth-order valence-corrected chi connectivity index (χ4v) is 12.1. The molecule has 4 aromatic heterocycles. The number of hydrogen-bond donors (Lipinski definition) is 0. The molecule has 0 saturated heterocycles. The molecule has 3 nitrogen and oxygen atoms in total. The van der Waals surface area contributed by atoms with Crippen molar-refractivity contribution in [2.45, 2.75) is 19.3 Å². The maximum atomic E-state index is 2.53. The lowest BCUT2D eigenvalue weighted by atomic mass is 9.81. The third kappa shape index (κ3) is 4.42. The van der Waals surface area contributed by atoms with Crippen LogP contribution in [-0.4, -0.2) is 8.80 Å². The fourth-order valence-electron chi connectivity index (χ4n) is 11.0. The van der Waals surface area contributed by atoms with E-state index in [0.29, 0.717) is 0 Å². The maximum Gasteiger partial charge on any atom is 0.0789 e. The summed E-state index contributed by atoms with van der Waals surface area (Å²) in [5.74, 6) is 0. The zero-order chi connectivity index (χ0) is 40.1. The van der Waals surface area contributed by atoms with Crippen LogP contribution >= 0.6 is 11.3 Å². The first kappa shape index (κ1) is 33.4. The Morgan fingerprint density at radius 1 is 0.377 bits per heavy atom. The third-order valence-corrected chi connectivity index (χ3v) is 15.0. The molecule has 0 saturated carbocycles. The van der Waals surface area contributed by atoms with E-state index in [4.69, 9.17) is 0 Å². The van der Waals surface area contributed by atoms with Gasteiger partial charge in [-0.3, -0.25) is 0 Å². The van der Waals surface area contributed by atoms with E-state index in [1.807, 2.05) is 11.3 Å². The lowest BCUT2D eigenvalue weighted by Crippen LogP contribution is -2.16. The summed E-state index contributed by atoms with van der Waals surface area (Å²) in [6.07, 6.45) is 0. The van der Waals surface area contributed by atoms with Gasteiger partial charge in [-0.1, -0.05) is 129 Å². The van der Waals surface area contributed by atoms with E-state index < -0.39 is 0 Å². The number of benzene rings is 9. The summed E-state index contributed by atoms with van der Waals surface area (Å²) in [6.45, 7) is 4.79. The molecule has 0 N–H and O–H groups in total. The van der Waals surface area contributed by atoms with Gasteiger partial charge in [0, 0.05) is 64.2 Å². The second kappa shape index (κ2) is 11.9. The normalized spacial score (nSPS) is 13.5. The zero-order valence-electron chi connectivity index (χ0n) is 33.6. The maximum absolute atomic E-state index is 2.53. The lowest BCUT2D eigenvalue weighted by Gasteiger charge is -2.28. The van der Waals surface area contributed by atoms with Crippen LogP contribution in [-0.2, 0) is 5.41 Å². The molecule has 1 aliphatic rings. The predicted molar refractivity (Wildman–Crippen MR) is 260 cm³/mol. The molecule has 4 heterocycles. The molecule has 0 atom stereocenters. The third-order valence-electron chi connectivity index (χ3n) is 13.8. The van der Waals surface area contributed by atoms with Crippen molar-refractivity contribution in [2.24, 2.45) is 0 Å². The molecule has 286 valence electrons. The zero-order valence-corrected chi connectivity index (χ0v) is 34.5. The minimum Gasteiger partial charge on any atom is -0.310 e. The summed E-state index contributed by atoms with van der Waals surface area (Å²) in [5, 5.41) is 7.72.